The van der Waals surface area contributed by atoms with Gasteiger partial charge in [-0.1, -0.05) is 62.2 Å². The van der Waals surface area contributed by atoms with E-state index < -0.39 is 12.5 Å². The highest BCUT2D eigenvalue weighted by molar-refractivity contribution is 5.71. The third-order valence-electron chi connectivity index (χ3n) is 6.60. The van der Waals surface area contributed by atoms with Gasteiger partial charge in [0.2, 0.25) is 0 Å². The molecule has 0 unspecified atom stereocenters. The van der Waals surface area contributed by atoms with Crippen molar-refractivity contribution in [3.05, 3.63) is 65.5 Å². The average molecular weight is 415 g/mol. The highest BCUT2D eigenvalue weighted by Crippen LogP contribution is 2.39. The van der Waals surface area contributed by atoms with Crippen LogP contribution < -0.4 is 0 Å². The van der Waals surface area contributed by atoms with E-state index in [2.05, 4.69) is 17.7 Å². The molecule has 0 N–H and O–H groups in total. The minimum Gasteiger partial charge on any atom is -0.315 e. The van der Waals surface area contributed by atoms with Crippen molar-refractivity contribution in [3.63, 3.8) is 0 Å². The zero-order chi connectivity index (χ0) is 21.1. The van der Waals surface area contributed by atoms with Crippen molar-refractivity contribution >= 4 is 5.57 Å². The lowest BCUT2D eigenvalue weighted by Crippen LogP contribution is -2.24. The average Bonchev–Trinajstić information content (AvgIpc) is 2.75. The van der Waals surface area contributed by atoms with Crippen molar-refractivity contribution in [3.8, 4) is 11.1 Å². The molecule has 1 nitrogen and oxygen atoms in total. The van der Waals surface area contributed by atoms with Crippen LogP contribution in [0.2, 0.25) is 0 Å². The van der Waals surface area contributed by atoms with Gasteiger partial charge >= 0.3 is 6.11 Å². The molecule has 1 fully saturated rings. The number of rotatable bonds is 5. The second-order valence-corrected chi connectivity index (χ2v) is 8.68. The molecule has 0 bridgehead atoms. The van der Waals surface area contributed by atoms with Crippen LogP contribution in [0.1, 0.15) is 68.9 Å². The second kappa shape index (κ2) is 8.97. The first-order chi connectivity index (χ1) is 14.4. The van der Waals surface area contributed by atoms with Crippen LogP contribution in [-0.2, 0) is 4.74 Å². The molecule has 0 spiro atoms. The van der Waals surface area contributed by atoms with Crippen molar-refractivity contribution in [2.45, 2.75) is 63.9 Å². The quantitative estimate of drug-likeness (QED) is 0.482. The minimum absolute atomic E-state index is 0.115. The topological polar surface area (TPSA) is 9.23 Å². The van der Waals surface area contributed by atoms with Gasteiger partial charge < -0.3 is 4.74 Å². The predicted molar refractivity (Wildman–Crippen MR) is 115 cm³/mol. The molecular formula is C26H29F3O. The van der Waals surface area contributed by atoms with E-state index >= 15 is 0 Å². The summed E-state index contributed by atoms with van der Waals surface area (Å²) in [4.78, 5) is 0. The molecule has 0 atom stereocenters. The normalized spacial score (nSPS) is 23.8. The van der Waals surface area contributed by atoms with Crippen LogP contribution in [0.25, 0.3) is 16.7 Å². The second-order valence-electron chi connectivity index (χ2n) is 8.68. The number of alkyl halides is 2. The lowest BCUT2D eigenvalue weighted by molar-refractivity contribution is -0.231. The third kappa shape index (κ3) is 4.80. The molecular weight excluding hydrogens is 385 g/mol. The Hall–Kier alpha value is -2.07. The highest BCUT2D eigenvalue weighted by atomic mass is 19.3. The first-order valence-electron chi connectivity index (χ1n) is 11.1. The molecule has 0 amide bonds. The van der Waals surface area contributed by atoms with Crippen molar-refractivity contribution in [1.82, 2.24) is 0 Å². The van der Waals surface area contributed by atoms with Gasteiger partial charge in [-0.05, 0) is 65.8 Å². The van der Waals surface area contributed by atoms with Gasteiger partial charge in [0.15, 0.2) is 0 Å². The summed E-state index contributed by atoms with van der Waals surface area (Å²) in [5.74, 6) is 1.10. The summed E-state index contributed by atoms with van der Waals surface area (Å²) >= 11 is 0. The van der Waals surface area contributed by atoms with Gasteiger partial charge in [0.1, 0.15) is 5.82 Å². The summed E-state index contributed by atoms with van der Waals surface area (Å²) in [7, 11) is 0. The molecule has 2 aliphatic rings. The summed E-state index contributed by atoms with van der Waals surface area (Å²) in [5.41, 5.74) is 4.04. The van der Waals surface area contributed by atoms with Gasteiger partial charge in [-0.2, -0.15) is 8.78 Å². The molecule has 2 aromatic rings. The van der Waals surface area contributed by atoms with E-state index in [9.17, 15) is 13.2 Å². The van der Waals surface area contributed by atoms with Crippen molar-refractivity contribution in [2.75, 3.05) is 6.61 Å². The Labute approximate surface area is 177 Å². The Morgan fingerprint density at radius 1 is 0.967 bits per heavy atom. The molecule has 0 radical (unpaired) electrons. The maximum Gasteiger partial charge on any atom is 0.359 e. The molecule has 1 aliphatic heterocycles. The summed E-state index contributed by atoms with van der Waals surface area (Å²) < 4.78 is 45.8. The molecule has 1 heterocycles. The largest absolute Gasteiger partial charge is 0.359 e. The fraction of sp³-hybridized carbons (Fsp3) is 0.462. The molecule has 1 saturated carbocycles. The lowest BCUT2D eigenvalue weighted by Gasteiger charge is -2.28. The predicted octanol–water partition coefficient (Wildman–Crippen LogP) is 7.96. The Balaban J connectivity index is 1.45. The fourth-order valence-corrected chi connectivity index (χ4v) is 4.82. The minimum atomic E-state index is -3.08. The Bertz CT molecular complexity index is 893. The van der Waals surface area contributed by atoms with Gasteiger partial charge in [0, 0.05) is 5.56 Å². The van der Waals surface area contributed by atoms with Crippen molar-refractivity contribution < 1.29 is 17.9 Å². The summed E-state index contributed by atoms with van der Waals surface area (Å²) in [5, 5.41) is 0. The molecule has 160 valence electrons. The standard InChI is InChI=1S/C26H29F3O/c1-2-3-18-4-6-19(7-5-18)22-12-13-24(25(27)16-22)21-10-8-20(9-11-21)23-14-15-26(28,29)30-17-23/h8-14,16,18-19H,2-7,15,17H2,1H3. The number of hydrogen-bond donors (Lipinski definition) is 0. The van der Waals surface area contributed by atoms with Gasteiger partial charge in [0.05, 0.1) is 13.0 Å². The Kier molecular flexibility index (Phi) is 6.33. The molecule has 1 aliphatic carbocycles. The van der Waals surface area contributed by atoms with Crippen molar-refractivity contribution in [1.29, 1.82) is 0 Å². The lowest BCUT2D eigenvalue weighted by atomic mass is 9.77. The van der Waals surface area contributed by atoms with E-state index in [0.29, 0.717) is 11.5 Å². The summed E-state index contributed by atoms with van der Waals surface area (Å²) in [6.07, 6.45) is 5.36. The summed E-state index contributed by atoms with van der Waals surface area (Å²) in [6.45, 7) is 2.13. The molecule has 0 saturated heterocycles. The maximum absolute atomic E-state index is 14.9. The van der Waals surface area contributed by atoms with E-state index in [-0.39, 0.29) is 12.4 Å². The number of ether oxygens (including phenoxy) is 1. The van der Waals surface area contributed by atoms with Crippen LogP contribution in [0.3, 0.4) is 0 Å². The first-order valence-corrected chi connectivity index (χ1v) is 11.1. The van der Waals surface area contributed by atoms with Gasteiger partial charge in [-0.3, -0.25) is 0 Å². The van der Waals surface area contributed by atoms with E-state index in [1.807, 2.05) is 30.3 Å². The summed E-state index contributed by atoms with van der Waals surface area (Å²) in [6, 6.07) is 13.0. The molecule has 30 heavy (non-hydrogen) atoms. The molecule has 4 heteroatoms. The van der Waals surface area contributed by atoms with Gasteiger partial charge in [-0.15, -0.1) is 0 Å². The number of halogens is 3. The molecule has 0 aromatic heterocycles. The molecule has 4 rings (SSSR count). The van der Waals surface area contributed by atoms with E-state index in [1.54, 1.807) is 6.07 Å². The van der Waals surface area contributed by atoms with Gasteiger partial charge in [0.25, 0.3) is 0 Å². The highest BCUT2D eigenvalue weighted by Gasteiger charge is 2.32. The van der Waals surface area contributed by atoms with Crippen LogP contribution in [0.5, 0.6) is 0 Å². The van der Waals surface area contributed by atoms with E-state index in [4.69, 9.17) is 0 Å². The van der Waals surface area contributed by atoms with Crippen LogP contribution in [0.15, 0.2) is 48.5 Å². The Morgan fingerprint density at radius 2 is 1.67 bits per heavy atom. The van der Waals surface area contributed by atoms with Crippen LogP contribution in [0.4, 0.5) is 13.2 Å². The number of hydrogen-bond acceptors (Lipinski definition) is 1. The van der Waals surface area contributed by atoms with Crippen LogP contribution in [-0.4, -0.2) is 12.7 Å². The first kappa shape index (κ1) is 21.2. The fourth-order valence-electron chi connectivity index (χ4n) is 4.82. The van der Waals surface area contributed by atoms with Crippen molar-refractivity contribution in [2.24, 2.45) is 5.92 Å². The van der Waals surface area contributed by atoms with Gasteiger partial charge in [-0.25, -0.2) is 4.39 Å². The maximum atomic E-state index is 14.9. The monoisotopic (exact) mass is 414 g/mol. The molecule has 2 aromatic carbocycles. The number of benzene rings is 2. The zero-order valence-electron chi connectivity index (χ0n) is 17.5. The smallest absolute Gasteiger partial charge is 0.315 e. The van der Waals surface area contributed by atoms with Crippen LogP contribution >= 0.6 is 0 Å². The third-order valence-corrected chi connectivity index (χ3v) is 6.60. The SMILES string of the molecule is CCCC1CCC(c2ccc(-c3ccc(C4=CCC(F)(F)OC4)cc3)c(F)c2)CC1. The Morgan fingerprint density at radius 3 is 2.27 bits per heavy atom. The van der Waals surface area contributed by atoms with E-state index in [0.717, 1.165) is 41.0 Å². The van der Waals surface area contributed by atoms with E-state index in [1.165, 1.54) is 31.8 Å². The van der Waals surface area contributed by atoms with Crippen LogP contribution in [0, 0.1) is 11.7 Å². The zero-order valence-corrected chi connectivity index (χ0v) is 17.5.